The summed E-state index contributed by atoms with van der Waals surface area (Å²) in [6, 6.07) is 10.6. The topological polar surface area (TPSA) is 106 Å². The van der Waals surface area contributed by atoms with E-state index >= 15 is 0 Å². The lowest BCUT2D eigenvalue weighted by atomic mass is 10.1. The highest BCUT2D eigenvalue weighted by molar-refractivity contribution is 7.85. The van der Waals surface area contributed by atoms with Crippen molar-refractivity contribution in [3.63, 3.8) is 0 Å². The number of fused-ring (bicyclic) bond motifs is 1. The minimum atomic E-state index is -4.30. The normalized spacial score (nSPS) is 17.6. The van der Waals surface area contributed by atoms with Crippen LogP contribution in [0, 0.1) is 0 Å². The first-order valence-electron chi connectivity index (χ1n) is 7.92. The molecule has 4 rings (SSSR count). The molecule has 9 heteroatoms. The zero-order valence-electron chi connectivity index (χ0n) is 14.1. The molecule has 0 aliphatic carbocycles. The fourth-order valence-electron chi connectivity index (χ4n) is 2.79. The second-order valence-corrected chi connectivity index (χ2v) is 7.36. The summed E-state index contributed by atoms with van der Waals surface area (Å²) in [7, 11) is -4.30. The van der Waals surface area contributed by atoms with Gasteiger partial charge in [-0.25, -0.2) is 0 Å². The molecule has 0 saturated heterocycles. The highest BCUT2D eigenvalue weighted by Crippen LogP contribution is 2.34. The van der Waals surface area contributed by atoms with Crippen molar-refractivity contribution in [1.82, 2.24) is 0 Å². The van der Waals surface area contributed by atoms with Gasteiger partial charge in [0, 0.05) is 0 Å². The Morgan fingerprint density at radius 2 is 1.81 bits per heavy atom. The van der Waals surface area contributed by atoms with Crippen LogP contribution in [-0.4, -0.2) is 31.4 Å². The molecule has 2 aliphatic rings. The number of hydrogen-bond acceptors (Lipinski definition) is 6. The summed E-state index contributed by atoms with van der Waals surface area (Å²) < 4.78 is 41.9. The number of rotatable bonds is 3. The highest BCUT2D eigenvalue weighted by Gasteiger charge is 2.29. The Hall–Kier alpha value is -3.17. The van der Waals surface area contributed by atoms with Gasteiger partial charge in [0.25, 0.3) is 16.0 Å². The van der Waals surface area contributed by atoms with Gasteiger partial charge in [0.05, 0.1) is 21.9 Å². The van der Waals surface area contributed by atoms with E-state index in [1.54, 1.807) is 25.1 Å². The SMILES string of the molecule is CC1=NN(c2ccc(S(=O)(=O)O)cc2)C(=O)/C1=C/c1ccc2c(c1)OCO2. The van der Waals surface area contributed by atoms with E-state index in [1.807, 2.05) is 6.07 Å². The third-order valence-corrected chi connectivity index (χ3v) is 5.02. The van der Waals surface area contributed by atoms with Crippen molar-refractivity contribution < 1.29 is 27.2 Å². The Morgan fingerprint density at radius 1 is 1.11 bits per heavy atom. The van der Waals surface area contributed by atoms with Gasteiger partial charge in [-0.1, -0.05) is 6.07 Å². The molecule has 0 unspecified atom stereocenters. The van der Waals surface area contributed by atoms with Crippen LogP contribution in [0.25, 0.3) is 6.08 Å². The first kappa shape index (κ1) is 17.3. The maximum Gasteiger partial charge on any atom is 0.294 e. The van der Waals surface area contributed by atoms with Crippen LogP contribution in [0.4, 0.5) is 5.69 Å². The van der Waals surface area contributed by atoms with Crippen LogP contribution < -0.4 is 14.5 Å². The van der Waals surface area contributed by atoms with Crippen LogP contribution in [-0.2, 0) is 14.9 Å². The summed E-state index contributed by atoms with van der Waals surface area (Å²) in [6.45, 7) is 1.88. The number of carbonyl (C=O) groups excluding carboxylic acids is 1. The summed E-state index contributed by atoms with van der Waals surface area (Å²) in [4.78, 5) is 12.5. The van der Waals surface area contributed by atoms with E-state index in [4.69, 9.17) is 14.0 Å². The van der Waals surface area contributed by atoms with E-state index in [0.29, 0.717) is 28.5 Å². The van der Waals surface area contributed by atoms with Gasteiger partial charge in [-0.15, -0.1) is 0 Å². The predicted octanol–water partition coefficient (Wildman–Crippen LogP) is 2.47. The van der Waals surface area contributed by atoms with Crippen LogP contribution in [0.5, 0.6) is 11.5 Å². The Kier molecular flexibility index (Phi) is 3.97. The summed E-state index contributed by atoms with van der Waals surface area (Å²) >= 11 is 0. The van der Waals surface area contributed by atoms with Crippen molar-refractivity contribution in [3.05, 3.63) is 53.6 Å². The molecule has 27 heavy (non-hydrogen) atoms. The fourth-order valence-corrected chi connectivity index (χ4v) is 3.27. The lowest BCUT2D eigenvalue weighted by Crippen LogP contribution is -2.21. The van der Waals surface area contributed by atoms with Crippen LogP contribution >= 0.6 is 0 Å². The van der Waals surface area contributed by atoms with Crippen molar-refractivity contribution in [2.45, 2.75) is 11.8 Å². The van der Waals surface area contributed by atoms with Crippen molar-refractivity contribution in [1.29, 1.82) is 0 Å². The average molecular weight is 386 g/mol. The summed E-state index contributed by atoms with van der Waals surface area (Å²) in [5.74, 6) is 0.924. The minimum absolute atomic E-state index is 0.169. The van der Waals surface area contributed by atoms with E-state index in [9.17, 15) is 13.2 Å². The van der Waals surface area contributed by atoms with Gasteiger partial charge in [0.1, 0.15) is 0 Å². The third kappa shape index (κ3) is 3.18. The molecule has 0 saturated carbocycles. The number of hydrogen-bond donors (Lipinski definition) is 1. The van der Waals surface area contributed by atoms with Crippen LogP contribution in [0.3, 0.4) is 0 Å². The number of anilines is 1. The third-order valence-electron chi connectivity index (χ3n) is 4.15. The Morgan fingerprint density at radius 3 is 2.52 bits per heavy atom. The summed E-state index contributed by atoms with van der Waals surface area (Å²) in [5.41, 5.74) is 2.09. The van der Waals surface area contributed by atoms with Gasteiger partial charge in [-0.3, -0.25) is 9.35 Å². The molecule has 0 aromatic heterocycles. The molecular weight excluding hydrogens is 372 g/mol. The van der Waals surface area contributed by atoms with Crippen molar-refractivity contribution in [2.75, 3.05) is 11.8 Å². The van der Waals surface area contributed by atoms with Crippen LogP contribution in [0.2, 0.25) is 0 Å². The number of nitrogens with zero attached hydrogens (tertiary/aromatic N) is 2. The molecule has 138 valence electrons. The van der Waals surface area contributed by atoms with Gasteiger partial charge in [-0.05, 0) is 55.0 Å². The zero-order chi connectivity index (χ0) is 19.2. The monoisotopic (exact) mass is 386 g/mol. The molecule has 0 atom stereocenters. The second kappa shape index (κ2) is 6.22. The van der Waals surface area contributed by atoms with Gasteiger partial charge in [0.15, 0.2) is 11.5 Å². The van der Waals surface area contributed by atoms with E-state index in [0.717, 1.165) is 5.56 Å². The molecule has 1 N–H and O–H groups in total. The number of hydrazone groups is 1. The molecule has 0 bridgehead atoms. The smallest absolute Gasteiger partial charge is 0.294 e. The molecular formula is C18H14N2O6S. The Bertz CT molecular complexity index is 1100. The second-order valence-electron chi connectivity index (χ2n) is 5.94. The van der Waals surface area contributed by atoms with Crippen LogP contribution in [0.1, 0.15) is 12.5 Å². The molecule has 0 fully saturated rings. The number of carbonyl (C=O) groups is 1. The Balaban J connectivity index is 1.63. The lowest BCUT2D eigenvalue weighted by Gasteiger charge is -2.12. The standard InChI is InChI=1S/C18H14N2O6S/c1-11-15(8-12-2-7-16-17(9-12)26-10-25-16)18(21)20(19-11)13-3-5-14(6-4-13)27(22,23)24/h2-9H,10H2,1H3,(H,22,23,24)/b15-8+. The van der Waals surface area contributed by atoms with Crippen molar-refractivity contribution in [3.8, 4) is 11.5 Å². The molecule has 8 nitrogen and oxygen atoms in total. The first-order chi connectivity index (χ1) is 12.8. The molecule has 1 amide bonds. The minimum Gasteiger partial charge on any atom is -0.454 e. The number of ether oxygens (including phenoxy) is 2. The van der Waals surface area contributed by atoms with E-state index < -0.39 is 10.1 Å². The largest absolute Gasteiger partial charge is 0.454 e. The van der Waals surface area contributed by atoms with E-state index in [1.165, 1.54) is 29.3 Å². The Labute approximate surface area is 155 Å². The molecule has 0 radical (unpaired) electrons. The molecule has 2 aromatic rings. The summed E-state index contributed by atoms with van der Waals surface area (Å²) in [5, 5.41) is 5.43. The van der Waals surface area contributed by atoms with Gasteiger partial charge in [-0.2, -0.15) is 18.5 Å². The maximum atomic E-state index is 12.8. The van der Waals surface area contributed by atoms with E-state index in [-0.39, 0.29) is 17.6 Å². The number of benzene rings is 2. The van der Waals surface area contributed by atoms with Crippen molar-refractivity contribution in [2.24, 2.45) is 5.10 Å². The van der Waals surface area contributed by atoms with Gasteiger partial charge < -0.3 is 9.47 Å². The van der Waals surface area contributed by atoms with Crippen LogP contribution in [0.15, 0.2) is 58.0 Å². The molecule has 2 aliphatic heterocycles. The van der Waals surface area contributed by atoms with Gasteiger partial charge in [0.2, 0.25) is 6.79 Å². The van der Waals surface area contributed by atoms with Gasteiger partial charge >= 0.3 is 0 Å². The highest BCUT2D eigenvalue weighted by atomic mass is 32.2. The maximum absolute atomic E-state index is 12.8. The average Bonchev–Trinajstić information content (AvgIpc) is 3.20. The number of amides is 1. The first-order valence-corrected chi connectivity index (χ1v) is 9.36. The zero-order valence-corrected chi connectivity index (χ0v) is 14.9. The van der Waals surface area contributed by atoms with Crippen molar-refractivity contribution >= 4 is 33.5 Å². The lowest BCUT2D eigenvalue weighted by molar-refractivity contribution is -0.114. The molecule has 2 aromatic carbocycles. The summed E-state index contributed by atoms with van der Waals surface area (Å²) in [6.07, 6.45) is 1.70. The predicted molar refractivity (Wildman–Crippen MR) is 97.4 cm³/mol. The molecule has 0 spiro atoms. The van der Waals surface area contributed by atoms with E-state index in [2.05, 4.69) is 5.10 Å². The quantitative estimate of drug-likeness (QED) is 0.642. The fraction of sp³-hybridized carbons (Fsp3) is 0.111. The molecule has 2 heterocycles.